The lowest BCUT2D eigenvalue weighted by Gasteiger charge is -2.03. The van der Waals surface area contributed by atoms with Gasteiger partial charge in [0.05, 0.1) is 23.8 Å². The maximum atomic E-state index is 12.1. The van der Waals surface area contributed by atoms with Gasteiger partial charge in [-0.3, -0.25) is 4.79 Å². The highest BCUT2D eigenvalue weighted by Crippen LogP contribution is 2.31. The number of aryl methyl sites for hydroxylation is 1. The number of nitrogens with one attached hydrogen (secondary N) is 1. The van der Waals surface area contributed by atoms with Crippen LogP contribution in [0.2, 0.25) is 0 Å². The number of carbonyl (C=O) groups excluding carboxylic acids is 1. The van der Waals surface area contributed by atoms with Crippen LogP contribution >= 0.6 is 11.8 Å². The Balaban J connectivity index is 2.02. The topological polar surface area (TPSA) is 72.7 Å². The molecule has 0 bridgehead atoms. The summed E-state index contributed by atoms with van der Waals surface area (Å²) in [7, 11) is 0. The van der Waals surface area contributed by atoms with Crippen molar-refractivity contribution in [2.45, 2.75) is 25.0 Å². The van der Waals surface area contributed by atoms with E-state index in [1.54, 1.807) is 18.7 Å². The minimum Gasteiger partial charge on any atom is -0.331 e. The third kappa shape index (κ3) is 2.56. The molecule has 0 fully saturated rings. The Morgan fingerprint density at radius 3 is 3.05 bits per heavy atom. The van der Waals surface area contributed by atoms with Gasteiger partial charge in [-0.05, 0) is 18.8 Å². The Bertz CT molecular complexity index is 722. The summed E-state index contributed by atoms with van der Waals surface area (Å²) in [6, 6.07) is 0. The summed E-state index contributed by atoms with van der Waals surface area (Å²) < 4.78 is 2.02. The first-order chi connectivity index (χ1) is 10.2. The van der Waals surface area contributed by atoms with E-state index in [0.717, 1.165) is 24.2 Å². The lowest BCUT2D eigenvalue weighted by atomic mass is 10.1. The molecule has 3 rings (SSSR count). The van der Waals surface area contributed by atoms with Crippen LogP contribution in [-0.4, -0.2) is 31.7 Å². The molecule has 0 spiro atoms. The SMILES string of the molecule is CCCn1cncc1/C=C1\C(=O)Nc2nc(SC)ncc21. The van der Waals surface area contributed by atoms with Crippen molar-refractivity contribution in [2.24, 2.45) is 0 Å². The molecule has 0 unspecified atom stereocenters. The normalized spacial score (nSPS) is 15.3. The number of nitrogens with zero attached hydrogens (tertiary/aromatic N) is 4. The van der Waals surface area contributed by atoms with Crippen molar-refractivity contribution in [1.82, 2.24) is 19.5 Å². The molecule has 0 radical (unpaired) electrons. The molecule has 6 nitrogen and oxygen atoms in total. The highest BCUT2D eigenvalue weighted by molar-refractivity contribution is 7.98. The summed E-state index contributed by atoms with van der Waals surface area (Å²) in [5.74, 6) is 0.425. The van der Waals surface area contributed by atoms with Crippen LogP contribution in [0.3, 0.4) is 0 Å². The monoisotopic (exact) mass is 301 g/mol. The first-order valence-corrected chi connectivity index (χ1v) is 7.90. The average Bonchev–Trinajstić information content (AvgIpc) is 3.04. The van der Waals surface area contributed by atoms with Crippen molar-refractivity contribution < 1.29 is 4.79 Å². The zero-order valence-corrected chi connectivity index (χ0v) is 12.6. The lowest BCUT2D eigenvalue weighted by molar-refractivity contribution is -0.110. The van der Waals surface area contributed by atoms with Crippen LogP contribution < -0.4 is 5.32 Å². The van der Waals surface area contributed by atoms with E-state index in [0.29, 0.717) is 16.5 Å². The smallest absolute Gasteiger partial charge is 0.257 e. The first kappa shape index (κ1) is 13.8. The van der Waals surface area contributed by atoms with E-state index in [2.05, 4.69) is 27.2 Å². The highest BCUT2D eigenvalue weighted by atomic mass is 32.2. The molecule has 0 saturated heterocycles. The van der Waals surface area contributed by atoms with Gasteiger partial charge in [0.1, 0.15) is 5.82 Å². The molecule has 7 heteroatoms. The minimum absolute atomic E-state index is 0.151. The quantitative estimate of drug-likeness (QED) is 0.533. The van der Waals surface area contributed by atoms with Crippen molar-refractivity contribution in [3.63, 3.8) is 0 Å². The summed E-state index contributed by atoms with van der Waals surface area (Å²) >= 11 is 1.44. The number of carbonyl (C=O) groups is 1. The Morgan fingerprint density at radius 2 is 2.29 bits per heavy atom. The lowest BCUT2D eigenvalue weighted by Crippen LogP contribution is -2.05. The average molecular weight is 301 g/mol. The fourth-order valence-corrected chi connectivity index (χ4v) is 2.56. The van der Waals surface area contributed by atoms with E-state index in [1.807, 2.05) is 16.9 Å². The molecule has 1 aliphatic heterocycles. The number of imidazole rings is 1. The Kier molecular flexibility index (Phi) is 3.74. The van der Waals surface area contributed by atoms with E-state index in [-0.39, 0.29) is 5.91 Å². The fraction of sp³-hybridized carbons (Fsp3) is 0.286. The van der Waals surface area contributed by atoms with E-state index in [1.165, 1.54) is 11.8 Å². The standard InChI is InChI=1S/C14H15N5OS/c1-3-4-19-8-15-6-9(19)5-10-11-7-16-14(21-2)18-12(11)17-13(10)20/h5-8H,3-4H2,1-2H3,(H,16,17,18,20)/b10-5-. The molecule has 2 aromatic heterocycles. The number of thioether (sulfide) groups is 1. The predicted molar refractivity (Wildman–Crippen MR) is 82.8 cm³/mol. The molecular formula is C14H15N5OS. The van der Waals surface area contributed by atoms with Gasteiger partial charge >= 0.3 is 0 Å². The van der Waals surface area contributed by atoms with Gasteiger partial charge in [0, 0.05) is 18.3 Å². The molecule has 2 aromatic rings. The summed E-state index contributed by atoms with van der Waals surface area (Å²) in [5, 5.41) is 3.43. The molecule has 1 aliphatic rings. The van der Waals surface area contributed by atoms with E-state index in [4.69, 9.17) is 0 Å². The van der Waals surface area contributed by atoms with Crippen LogP contribution in [0.5, 0.6) is 0 Å². The zero-order valence-electron chi connectivity index (χ0n) is 11.8. The summed E-state index contributed by atoms with van der Waals surface area (Å²) in [5.41, 5.74) is 2.22. The van der Waals surface area contributed by atoms with Gasteiger partial charge in [0.2, 0.25) is 0 Å². The van der Waals surface area contributed by atoms with Crippen molar-refractivity contribution in [3.8, 4) is 0 Å². The molecule has 108 valence electrons. The second-order valence-electron chi connectivity index (χ2n) is 4.64. The van der Waals surface area contributed by atoms with Crippen LogP contribution in [-0.2, 0) is 11.3 Å². The molecule has 0 saturated carbocycles. The van der Waals surface area contributed by atoms with Crippen LogP contribution in [0, 0.1) is 0 Å². The number of aromatic nitrogens is 4. The van der Waals surface area contributed by atoms with Crippen molar-refractivity contribution in [2.75, 3.05) is 11.6 Å². The Morgan fingerprint density at radius 1 is 1.43 bits per heavy atom. The fourth-order valence-electron chi connectivity index (χ4n) is 2.22. The van der Waals surface area contributed by atoms with Crippen molar-refractivity contribution in [3.05, 3.63) is 30.0 Å². The van der Waals surface area contributed by atoms with E-state index >= 15 is 0 Å². The van der Waals surface area contributed by atoms with Crippen LogP contribution in [0.1, 0.15) is 24.6 Å². The van der Waals surface area contributed by atoms with Gasteiger partial charge in [-0.1, -0.05) is 18.7 Å². The van der Waals surface area contributed by atoms with Crippen LogP contribution in [0.15, 0.2) is 23.9 Å². The number of fused-ring (bicyclic) bond motifs is 1. The summed E-state index contributed by atoms with van der Waals surface area (Å²) in [6.45, 7) is 2.97. The van der Waals surface area contributed by atoms with Crippen LogP contribution in [0.4, 0.5) is 5.82 Å². The highest BCUT2D eigenvalue weighted by Gasteiger charge is 2.26. The largest absolute Gasteiger partial charge is 0.331 e. The zero-order chi connectivity index (χ0) is 14.8. The molecule has 0 atom stereocenters. The third-order valence-electron chi connectivity index (χ3n) is 3.22. The van der Waals surface area contributed by atoms with Gasteiger partial charge in [-0.2, -0.15) is 0 Å². The maximum Gasteiger partial charge on any atom is 0.257 e. The van der Waals surface area contributed by atoms with Gasteiger partial charge in [-0.15, -0.1) is 0 Å². The maximum absolute atomic E-state index is 12.1. The number of hydrogen-bond donors (Lipinski definition) is 1. The summed E-state index contributed by atoms with van der Waals surface area (Å²) in [4.78, 5) is 24.8. The minimum atomic E-state index is -0.151. The van der Waals surface area contributed by atoms with Crippen molar-refractivity contribution in [1.29, 1.82) is 0 Å². The molecule has 3 heterocycles. The number of amides is 1. The second kappa shape index (κ2) is 5.69. The Hall–Kier alpha value is -2.15. The van der Waals surface area contributed by atoms with Gasteiger partial charge < -0.3 is 9.88 Å². The van der Waals surface area contributed by atoms with Gasteiger partial charge in [0.15, 0.2) is 5.16 Å². The van der Waals surface area contributed by atoms with Gasteiger partial charge in [0.25, 0.3) is 5.91 Å². The van der Waals surface area contributed by atoms with Crippen LogP contribution in [0.25, 0.3) is 11.6 Å². The van der Waals surface area contributed by atoms with Gasteiger partial charge in [-0.25, -0.2) is 15.0 Å². The van der Waals surface area contributed by atoms with Crippen molar-refractivity contribution >= 4 is 35.1 Å². The molecule has 0 aromatic carbocycles. The predicted octanol–water partition coefficient (Wildman–Crippen LogP) is 2.30. The number of hydrogen-bond acceptors (Lipinski definition) is 5. The first-order valence-electron chi connectivity index (χ1n) is 6.67. The summed E-state index contributed by atoms with van der Waals surface area (Å²) in [6.07, 6.45) is 9.97. The molecular weight excluding hydrogens is 286 g/mol. The second-order valence-corrected chi connectivity index (χ2v) is 5.42. The van der Waals surface area contributed by atoms with E-state index in [9.17, 15) is 4.79 Å². The number of anilines is 1. The molecule has 21 heavy (non-hydrogen) atoms. The molecule has 1 amide bonds. The molecule has 0 aliphatic carbocycles. The Labute approximate surface area is 126 Å². The molecule has 1 N–H and O–H groups in total. The third-order valence-corrected chi connectivity index (χ3v) is 3.78. The van der Waals surface area contributed by atoms with E-state index < -0.39 is 0 Å². The number of rotatable bonds is 4.